The number of hydrogen-bond acceptors (Lipinski definition) is 2. The van der Waals surface area contributed by atoms with Crippen molar-refractivity contribution in [3.05, 3.63) is 34.9 Å². The molecule has 18 heavy (non-hydrogen) atoms. The third kappa shape index (κ3) is 3.33. The van der Waals surface area contributed by atoms with Gasteiger partial charge >= 0.3 is 0 Å². The highest BCUT2D eigenvalue weighted by atomic mass is 16.2. The van der Waals surface area contributed by atoms with Crippen molar-refractivity contribution in [3.63, 3.8) is 0 Å². The molecule has 0 bridgehead atoms. The third-order valence-corrected chi connectivity index (χ3v) is 3.14. The lowest BCUT2D eigenvalue weighted by atomic mass is 10.0. The van der Waals surface area contributed by atoms with Gasteiger partial charge in [-0.05, 0) is 51.0 Å². The second kappa shape index (κ2) is 6.20. The van der Waals surface area contributed by atoms with Crippen LogP contribution >= 0.6 is 0 Å². The molecular weight excluding hydrogens is 224 g/mol. The Labute approximate surface area is 109 Å². The molecule has 0 aliphatic carbocycles. The van der Waals surface area contributed by atoms with E-state index < -0.39 is 0 Å². The summed E-state index contributed by atoms with van der Waals surface area (Å²) in [6, 6.07) is 7.89. The van der Waals surface area contributed by atoms with Gasteiger partial charge in [0.1, 0.15) is 0 Å². The van der Waals surface area contributed by atoms with Gasteiger partial charge in [0.15, 0.2) is 0 Å². The maximum absolute atomic E-state index is 12.3. The van der Waals surface area contributed by atoms with Crippen LogP contribution in [0.4, 0.5) is 0 Å². The molecule has 0 saturated heterocycles. The van der Waals surface area contributed by atoms with Crippen LogP contribution in [-0.4, -0.2) is 23.9 Å². The molecule has 1 aromatic rings. The summed E-state index contributed by atoms with van der Waals surface area (Å²) in [7, 11) is 0. The first kappa shape index (κ1) is 14.2. The lowest BCUT2D eigenvalue weighted by molar-refractivity contribution is 0.0752. The minimum Gasteiger partial charge on any atom is -0.338 e. The van der Waals surface area contributed by atoms with Crippen LogP contribution in [-0.2, 0) is 0 Å². The monoisotopic (exact) mass is 244 g/mol. The van der Waals surface area contributed by atoms with Crippen molar-refractivity contribution in [3.8, 4) is 6.07 Å². The Balaban J connectivity index is 2.90. The van der Waals surface area contributed by atoms with Crippen molar-refractivity contribution >= 4 is 5.91 Å². The Bertz CT molecular complexity index is 474. The summed E-state index contributed by atoms with van der Waals surface area (Å²) >= 11 is 0. The van der Waals surface area contributed by atoms with Crippen molar-refractivity contribution in [2.24, 2.45) is 5.92 Å². The lowest BCUT2D eigenvalue weighted by Crippen LogP contribution is -2.34. The van der Waals surface area contributed by atoms with Gasteiger partial charge in [0.05, 0.1) is 12.0 Å². The van der Waals surface area contributed by atoms with Crippen LogP contribution < -0.4 is 0 Å². The Morgan fingerprint density at radius 1 is 1.39 bits per heavy atom. The number of nitrogens with zero attached hydrogens (tertiary/aromatic N) is 2. The van der Waals surface area contributed by atoms with Gasteiger partial charge in [-0.25, -0.2) is 0 Å². The van der Waals surface area contributed by atoms with Gasteiger partial charge in [-0.2, -0.15) is 5.26 Å². The average Bonchev–Trinajstić information content (AvgIpc) is 2.38. The standard InChI is InChI=1S/C15H20N2O/c1-5-17(10-11(2)9-16)15(18)14-7-6-12(3)13(4)8-14/h6-8,11H,5,10H2,1-4H3. The van der Waals surface area contributed by atoms with Crippen LogP contribution in [0.5, 0.6) is 0 Å². The van der Waals surface area contributed by atoms with Crippen LogP contribution in [0.3, 0.4) is 0 Å². The van der Waals surface area contributed by atoms with E-state index in [1.165, 1.54) is 5.56 Å². The van der Waals surface area contributed by atoms with Crippen molar-refractivity contribution in [1.82, 2.24) is 4.90 Å². The van der Waals surface area contributed by atoms with Gasteiger partial charge in [-0.1, -0.05) is 6.07 Å². The molecule has 1 rings (SSSR count). The Morgan fingerprint density at radius 2 is 2.06 bits per heavy atom. The molecule has 0 N–H and O–H groups in total. The predicted octanol–water partition coefficient (Wildman–Crippen LogP) is 2.93. The molecule has 0 saturated carbocycles. The molecule has 1 atom stereocenters. The highest BCUT2D eigenvalue weighted by Crippen LogP contribution is 2.13. The molecule has 0 heterocycles. The van der Waals surface area contributed by atoms with Crippen LogP contribution in [0.1, 0.15) is 35.3 Å². The Kier molecular flexibility index (Phi) is 4.91. The quantitative estimate of drug-likeness (QED) is 0.817. The molecule has 1 aromatic carbocycles. The number of nitriles is 1. The minimum atomic E-state index is -0.138. The maximum atomic E-state index is 12.3. The van der Waals surface area contributed by atoms with E-state index in [0.29, 0.717) is 18.7 Å². The number of carbonyl (C=O) groups is 1. The summed E-state index contributed by atoms with van der Waals surface area (Å²) in [5.41, 5.74) is 3.00. The fourth-order valence-corrected chi connectivity index (χ4v) is 1.78. The van der Waals surface area contributed by atoms with E-state index in [2.05, 4.69) is 6.07 Å². The van der Waals surface area contributed by atoms with Crippen LogP contribution in [0.15, 0.2) is 18.2 Å². The summed E-state index contributed by atoms with van der Waals surface area (Å²) < 4.78 is 0. The molecule has 96 valence electrons. The number of amides is 1. The molecule has 3 heteroatoms. The summed E-state index contributed by atoms with van der Waals surface area (Å²) in [5.74, 6) is -0.136. The van der Waals surface area contributed by atoms with Gasteiger partial charge < -0.3 is 4.90 Å². The fourth-order valence-electron chi connectivity index (χ4n) is 1.78. The first-order chi connectivity index (χ1) is 8.49. The van der Waals surface area contributed by atoms with Gasteiger partial charge in [0.2, 0.25) is 0 Å². The van der Waals surface area contributed by atoms with Crippen molar-refractivity contribution in [1.29, 1.82) is 5.26 Å². The second-order valence-electron chi connectivity index (χ2n) is 4.67. The topological polar surface area (TPSA) is 44.1 Å². The zero-order valence-corrected chi connectivity index (χ0v) is 11.5. The average molecular weight is 244 g/mol. The lowest BCUT2D eigenvalue weighted by Gasteiger charge is -2.22. The van der Waals surface area contributed by atoms with Gasteiger partial charge in [-0.3, -0.25) is 4.79 Å². The Hall–Kier alpha value is -1.82. The molecule has 0 fully saturated rings. The van der Waals surface area contributed by atoms with E-state index in [4.69, 9.17) is 5.26 Å². The largest absolute Gasteiger partial charge is 0.338 e. The number of benzene rings is 1. The summed E-state index contributed by atoms with van der Waals surface area (Å²) in [4.78, 5) is 14.0. The SMILES string of the molecule is CCN(CC(C)C#N)C(=O)c1ccc(C)c(C)c1. The van der Waals surface area contributed by atoms with Gasteiger partial charge in [0.25, 0.3) is 5.91 Å². The van der Waals surface area contributed by atoms with E-state index in [1.54, 1.807) is 4.90 Å². The molecule has 0 aliphatic heterocycles. The summed E-state index contributed by atoms with van der Waals surface area (Å²) in [6.45, 7) is 8.90. The van der Waals surface area contributed by atoms with Crippen molar-refractivity contribution < 1.29 is 4.79 Å². The van der Waals surface area contributed by atoms with Gasteiger partial charge in [-0.15, -0.1) is 0 Å². The highest BCUT2D eigenvalue weighted by Gasteiger charge is 2.16. The number of rotatable bonds is 4. The van der Waals surface area contributed by atoms with E-state index in [9.17, 15) is 4.79 Å². The zero-order chi connectivity index (χ0) is 13.7. The normalized spacial score (nSPS) is 11.7. The smallest absolute Gasteiger partial charge is 0.253 e. The molecule has 0 radical (unpaired) electrons. The predicted molar refractivity (Wildman–Crippen MR) is 72.3 cm³/mol. The molecule has 0 aliphatic rings. The van der Waals surface area contributed by atoms with E-state index in [-0.39, 0.29) is 11.8 Å². The fraction of sp³-hybridized carbons (Fsp3) is 0.467. The van der Waals surface area contributed by atoms with Crippen molar-refractivity contribution in [2.75, 3.05) is 13.1 Å². The van der Waals surface area contributed by atoms with E-state index in [0.717, 1.165) is 5.56 Å². The molecule has 1 unspecified atom stereocenters. The van der Waals surface area contributed by atoms with E-state index in [1.807, 2.05) is 45.9 Å². The second-order valence-corrected chi connectivity index (χ2v) is 4.67. The molecular formula is C15H20N2O. The molecule has 3 nitrogen and oxygen atoms in total. The van der Waals surface area contributed by atoms with Gasteiger partial charge in [0, 0.05) is 18.7 Å². The summed E-state index contributed by atoms with van der Waals surface area (Å²) in [5, 5.41) is 8.82. The van der Waals surface area contributed by atoms with Crippen LogP contribution in [0, 0.1) is 31.1 Å². The van der Waals surface area contributed by atoms with E-state index >= 15 is 0 Å². The molecule has 0 spiro atoms. The maximum Gasteiger partial charge on any atom is 0.253 e. The van der Waals surface area contributed by atoms with Crippen LogP contribution in [0.25, 0.3) is 0 Å². The minimum absolute atomic E-state index is 0.00250. The van der Waals surface area contributed by atoms with Crippen LogP contribution in [0.2, 0.25) is 0 Å². The number of carbonyl (C=O) groups excluding carboxylic acids is 1. The third-order valence-electron chi connectivity index (χ3n) is 3.14. The molecule has 0 aromatic heterocycles. The van der Waals surface area contributed by atoms with Crippen molar-refractivity contribution in [2.45, 2.75) is 27.7 Å². The summed E-state index contributed by atoms with van der Waals surface area (Å²) in [6.07, 6.45) is 0. The number of aryl methyl sites for hydroxylation is 2. The zero-order valence-electron chi connectivity index (χ0n) is 11.5. The Morgan fingerprint density at radius 3 is 2.56 bits per heavy atom. The molecule has 1 amide bonds. The first-order valence-electron chi connectivity index (χ1n) is 6.25. The highest BCUT2D eigenvalue weighted by molar-refractivity contribution is 5.94. The first-order valence-corrected chi connectivity index (χ1v) is 6.25. The number of hydrogen-bond donors (Lipinski definition) is 0.